The van der Waals surface area contributed by atoms with Crippen molar-refractivity contribution in [3.8, 4) is 0 Å². The van der Waals surface area contributed by atoms with Crippen molar-refractivity contribution in [2.24, 2.45) is 0 Å². The average molecular weight is 310 g/mol. The molecule has 7 heteroatoms. The second kappa shape index (κ2) is 6.74. The molecule has 116 valence electrons. The molecule has 2 aromatic heterocycles. The summed E-state index contributed by atoms with van der Waals surface area (Å²) in [6, 6.07) is 0.423. The number of anilines is 1. The van der Waals surface area contributed by atoms with Crippen LogP contribution in [0.25, 0.3) is 4.96 Å². The first-order valence-electron chi connectivity index (χ1n) is 7.26. The SMILES string of the molecule is COCCNCc1c(N(C)C2CCOC2)nc2sccn12. The molecule has 0 radical (unpaired) electrons. The number of methoxy groups -OCH3 is 1. The van der Waals surface area contributed by atoms with E-state index in [9.17, 15) is 0 Å². The van der Waals surface area contributed by atoms with E-state index in [4.69, 9.17) is 14.5 Å². The van der Waals surface area contributed by atoms with E-state index in [1.165, 1.54) is 5.69 Å². The van der Waals surface area contributed by atoms with E-state index in [0.29, 0.717) is 12.6 Å². The molecule has 3 rings (SSSR count). The van der Waals surface area contributed by atoms with E-state index in [1.807, 2.05) is 0 Å². The first kappa shape index (κ1) is 14.8. The number of nitrogens with one attached hydrogen (secondary N) is 1. The Labute approximate surface area is 128 Å². The molecular weight excluding hydrogens is 288 g/mol. The van der Waals surface area contributed by atoms with Crippen LogP contribution in [-0.2, 0) is 16.0 Å². The summed E-state index contributed by atoms with van der Waals surface area (Å²) < 4.78 is 12.8. The molecule has 21 heavy (non-hydrogen) atoms. The first-order valence-corrected chi connectivity index (χ1v) is 8.14. The number of imidazole rings is 1. The number of rotatable bonds is 7. The van der Waals surface area contributed by atoms with Crippen LogP contribution in [0.5, 0.6) is 0 Å². The molecule has 0 aliphatic carbocycles. The van der Waals surface area contributed by atoms with E-state index in [2.05, 4.69) is 33.2 Å². The highest BCUT2D eigenvalue weighted by Gasteiger charge is 2.25. The molecule has 1 fully saturated rings. The van der Waals surface area contributed by atoms with Gasteiger partial charge in [0, 0.05) is 45.4 Å². The summed E-state index contributed by atoms with van der Waals surface area (Å²) in [6.07, 6.45) is 3.15. The number of aromatic nitrogens is 2. The van der Waals surface area contributed by atoms with Gasteiger partial charge in [0.2, 0.25) is 0 Å². The molecule has 2 aromatic rings. The third-order valence-corrected chi connectivity index (χ3v) is 4.66. The number of thiazole rings is 1. The molecule has 1 N–H and O–H groups in total. The summed E-state index contributed by atoms with van der Waals surface area (Å²) in [7, 11) is 3.83. The van der Waals surface area contributed by atoms with Crippen molar-refractivity contribution in [3.63, 3.8) is 0 Å². The fraction of sp³-hybridized carbons (Fsp3) is 0.643. The molecule has 3 heterocycles. The second-order valence-electron chi connectivity index (χ2n) is 5.24. The predicted octanol–water partition coefficient (Wildman–Crippen LogP) is 1.36. The van der Waals surface area contributed by atoms with Gasteiger partial charge in [0.15, 0.2) is 10.8 Å². The highest BCUT2D eigenvalue weighted by Crippen LogP contribution is 2.27. The minimum atomic E-state index is 0.423. The van der Waals surface area contributed by atoms with Gasteiger partial charge in [-0.1, -0.05) is 0 Å². The van der Waals surface area contributed by atoms with Crippen LogP contribution in [0.1, 0.15) is 12.1 Å². The predicted molar refractivity (Wildman–Crippen MR) is 84.3 cm³/mol. The van der Waals surface area contributed by atoms with Gasteiger partial charge in [-0.2, -0.15) is 0 Å². The van der Waals surface area contributed by atoms with E-state index >= 15 is 0 Å². The standard InChI is InChI=1S/C14H22N4O2S/c1-17(11-3-6-20-10-11)13-12(9-15-4-7-19-2)18-5-8-21-14(18)16-13/h5,8,11,15H,3-4,6-7,9-10H2,1-2H3. The zero-order chi connectivity index (χ0) is 14.7. The topological polar surface area (TPSA) is 51.0 Å². The van der Waals surface area contributed by atoms with Crippen molar-refractivity contribution in [1.82, 2.24) is 14.7 Å². The van der Waals surface area contributed by atoms with Gasteiger partial charge >= 0.3 is 0 Å². The highest BCUT2D eigenvalue weighted by atomic mass is 32.1. The lowest BCUT2D eigenvalue weighted by Crippen LogP contribution is -2.33. The van der Waals surface area contributed by atoms with Crippen LogP contribution in [0.2, 0.25) is 0 Å². The number of nitrogens with zero attached hydrogens (tertiary/aromatic N) is 3. The Morgan fingerprint density at radius 2 is 2.52 bits per heavy atom. The molecule has 0 bridgehead atoms. The second-order valence-corrected chi connectivity index (χ2v) is 6.11. The molecule has 6 nitrogen and oxygen atoms in total. The first-order chi connectivity index (χ1) is 10.3. The van der Waals surface area contributed by atoms with Crippen LogP contribution in [0.4, 0.5) is 5.82 Å². The Bertz CT molecular complexity index is 577. The van der Waals surface area contributed by atoms with Gasteiger partial charge in [0.05, 0.1) is 24.9 Å². The minimum absolute atomic E-state index is 0.423. The van der Waals surface area contributed by atoms with Gasteiger partial charge in [-0.15, -0.1) is 11.3 Å². The third kappa shape index (κ3) is 3.06. The third-order valence-electron chi connectivity index (χ3n) is 3.90. The Morgan fingerprint density at radius 1 is 1.62 bits per heavy atom. The maximum absolute atomic E-state index is 5.50. The number of likely N-dealkylation sites (N-methyl/N-ethyl adjacent to an activating group) is 1. The van der Waals surface area contributed by atoms with Crippen molar-refractivity contribution in [2.75, 3.05) is 45.4 Å². The monoisotopic (exact) mass is 310 g/mol. The van der Waals surface area contributed by atoms with Gasteiger partial charge in [-0.05, 0) is 6.42 Å². The van der Waals surface area contributed by atoms with Crippen molar-refractivity contribution in [2.45, 2.75) is 19.0 Å². The van der Waals surface area contributed by atoms with Crippen molar-refractivity contribution in [3.05, 3.63) is 17.3 Å². The lowest BCUT2D eigenvalue weighted by molar-refractivity contribution is 0.193. The molecule has 0 aromatic carbocycles. The number of ether oxygens (including phenoxy) is 2. The van der Waals surface area contributed by atoms with Crippen molar-refractivity contribution >= 4 is 22.1 Å². The van der Waals surface area contributed by atoms with E-state index in [1.54, 1.807) is 18.4 Å². The lowest BCUT2D eigenvalue weighted by Gasteiger charge is -2.24. The molecule has 1 aliphatic heterocycles. The summed E-state index contributed by atoms with van der Waals surface area (Å²) in [6.45, 7) is 3.97. The highest BCUT2D eigenvalue weighted by molar-refractivity contribution is 7.15. The summed E-state index contributed by atoms with van der Waals surface area (Å²) in [4.78, 5) is 8.10. The zero-order valence-electron chi connectivity index (χ0n) is 12.5. The van der Waals surface area contributed by atoms with Crippen LogP contribution in [0.15, 0.2) is 11.6 Å². The smallest absolute Gasteiger partial charge is 0.195 e. The molecule has 0 spiro atoms. The molecular formula is C14H22N4O2S. The van der Waals surface area contributed by atoms with Gasteiger partial charge in [-0.3, -0.25) is 4.40 Å². The summed E-state index contributed by atoms with van der Waals surface area (Å²) in [5.74, 6) is 1.06. The maximum atomic E-state index is 5.50. The average Bonchev–Trinajstić information content (AvgIpc) is 3.20. The van der Waals surface area contributed by atoms with E-state index in [-0.39, 0.29) is 0 Å². The molecule has 1 unspecified atom stereocenters. The molecule has 0 amide bonds. The fourth-order valence-corrected chi connectivity index (χ4v) is 3.38. The Morgan fingerprint density at radius 3 is 3.29 bits per heavy atom. The Hall–Kier alpha value is -1.15. The normalized spacial score (nSPS) is 18.7. The van der Waals surface area contributed by atoms with Crippen LogP contribution >= 0.6 is 11.3 Å². The van der Waals surface area contributed by atoms with Gasteiger partial charge < -0.3 is 19.7 Å². The quantitative estimate of drug-likeness (QED) is 0.783. The summed E-state index contributed by atoms with van der Waals surface area (Å²) in [5.41, 5.74) is 1.21. The number of hydrogen-bond donors (Lipinski definition) is 1. The van der Waals surface area contributed by atoms with Gasteiger partial charge in [0.25, 0.3) is 0 Å². The van der Waals surface area contributed by atoms with E-state index < -0.39 is 0 Å². The molecule has 1 saturated heterocycles. The summed E-state index contributed by atoms with van der Waals surface area (Å²) >= 11 is 1.67. The molecule has 0 saturated carbocycles. The van der Waals surface area contributed by atoms with Gasteiger partial charge in [0.1, 0.15) is 0 Å². The van der Waals surface area contributed by atoms with Crippen LogP contribution in [0.3, 0.4) is 0 Å². The van der Waals surface area contributed by atoms with Crippen molar-refractivity contribution in [1.29, 1.82) is 0 Å². The van der Waals surface area contributed by atoms with Crippen LogP contribution < -0.4 is 10.2 Å². The minimum Gasteiger partial charge on any atom is -0.383 e. The molecule has 1 aliphatic rings. The lowest BCUT2D eigenvalue weighted by atomic mass is 10.2. The largest absolute Gasteiger partial charge is 0.383 e. The summed E-state index contributed by atoms with van der Waals surface area (Å²) in [5, 5.41) is 5.49. The number of hydrogen-bond acceptors (Lipinski definition) is 6. The van der Waals surface area contributed by atoms with Gasteiger partial charge in [-0.25, -0.2) is 4.98 Å². The van der Waals surface area contributed by atoms with Crippen LogP contribution in [0, 0.1) is 0 Å². The molecule has 1 atom stereocenters. The Balaban J connectivity index is 1.80. The maximum Gasteiger partial charge on any atom is 0.195 e. The van der Waals surface area contributed by atoms with Crippen LogP contribution in [-0.4, -0.2) is 55.9 Å². The fourth-order valence-electron chi connectivity index (χ4n) is 2.65. The Kier molecular flexibility index (Phi) is 4.74. The number of fused-ring (bicyclic) bond motifs is 1. The zero-order valence-corrected chi connectivity index (χ0v) is 13.4. The van der Waals surface area contributed by atoms with Crippen molar-refractivity contribution < 1.29 is 9.47 Å². The van der Waals surface area contributed by atoms with E-state index in [0.717, 1.165) is 43.5 Å².